The van der Waals surface area contributed by atoms with Gasteiger partial charge in [0.2, 0.25) is 0 Å². The zero-order valence-corrected chi connectivity index (χ0v) is 9.14. The Morgan fingerprint density at radius 1 is 1.31 bits per heavy atom. The molecule has 1 rings (SSSR count). The Morgan fingerprint density at radius 3 is 2.46 bits per heavy atom. The van der Waals surface area contributed by atoms with Gasteiger partial charge in [0.25, 0.3) is 0 Å². The number of hydrogen-bond donors (Lipinski definition) is 2. The van der Waals surface area contributed by atoms with Crippen molar-refractivity contribution in [2.45, 2.75) is 44.1 Å². The maximum absolute atomic E-state index is 9.93. The van der Waals surface area contributed by atoms with Crippen molar-refractivity contribution < 1.29 is 27.2 Å². The van der Waals surface area contributed by atoms with Crippen LogP contribution in [0.5, 0.6) is 0 Å². The van der Waals surface area contributed by atoms with Gasteiger partial charge in [-0.05, 0) is 0 Å². The van der Waals surface area contributed by atoms with E-state index in [1.54, 1.807) is 0 Å². The molecule has 3 heteroatoms. The van der Waals surface area contributed by atoms with Crippen molar-refractivity contribution in [3.63, 3.8) is 0 Å². The van der Waals surface area contributed by atoms with E-state index in [0.29, 0.717) is 10.8 Å². The summed E-state index contributed by atoms with van der Waals surface area (Å²) in [6.45, 7) is 0. The van der Waals surface area contributed by atoms with Gasteiger partial charge in [-0.25, -0.2) is 0 Å². The average molecular weight is 219 g/mol. The summed E-state index contributed by atoms with van der Waals surface area (Å²) in [5.74, 6) is 0. The van der Waals surface area contributed by atoms with Crippen molar-refractivity contribution in [2.75, 3.05) is 0 Å². The van der Waals surface area contributed by atoms with E-state index in [2.05, 4.69) is 17.0 Å². The zero-order valence-electron chi connectivity index (χ0n) is 7.74. The predicted octanol–water partition coefficient (Wildman–Crippen LogP) is 1.68. The first-order valence-electron chi connectivity index (χ1n) is 4.73. The van der Waals surface area contributed by atoms with Crippen LogP contribution in [-0.4, -0.2) is 20.2 Å². The Kier molecular flexibility index (Phi) is 4.40. The minimum atomic E-state index is -0.450. The summed E-state index contributed by atoms with van der Waals surface area (Å²) in [4.78, 5) is 0. The number of rotatable bonds is 4. The monoisotopic (exact) mass is 219 g/mol. The maximum atomic E-state index is 9.93. The summed E-state index contributed by atoms with van der Waals surface area (Å²) in [5.41, 5.74) is -0.450. The second-order valence-electron chi connectivity index (χ2n) is 3.73. The molecule has 0 bridgehead atoms. The molecule has 0 amide bonds. The Labute approximate surface area is 88.2 Å². The molecule has 0 aromatic carbocycles. The summed E-state index contributed by atoms with van der Waals surface area (Å²) in [6.07, 6.45) is 9.32. The van der Waals surface area contributed by atoms with Gasteiger partial charge < -0.3 is 0 Å². The summed E-state index contributed by atoms with van der Waals surface area (Å²) in [5, 5.41) is 18.8. The second kappa shape index (κ2) is 5.11. The van der Waals surface area contributed by atoms with Crippen molar-refractivity contribution >= 4 is 4.41 Å². The van der Waals surface area contributed by atoms with Crippen LogP contribution in [0.25, 0.3) is 0 Å². The fourth-order valence-electron chi connectivity index (χ4n) is 1.73. The van der Waals surface area contributed by atoms with Crippen LogP contribution in [-0.2, 0) is 17.0 Å². The van der Waals surface area contributed by atoms with Crippen LogP contribution in [0.3, 0.4) is 0 Å². The van der Waals surface area contributed by atoms with Gasteiger partial charge in [-0.2, -0.15) is 0 Å². The molecule has 0 heterocycles. The summed E-state index contributed by atoms with van der Waals surface area (Å²) < 4.78 is 0.363. The quantitative estimate of drug-likeness (QED) is 0.706. The summed E-state index contributed by atoms with van der Waals surface area (Å²) in [6, 6.07) is 0. The molecule has 1 fully saturated rings. The van der Waals surface area contributed by atoms with Gasteiger partial charge in [-0.3, -0.25) is 0 Å². The van der Waals surface area contributed by atoms with E-state index >= 15 is 0 Å². The van der Waals surface area contributed by atoms with Crippen LogP contribution in [0.2, 0.25) is 0 Å². The van der Waals surface area contributed by atoms with E-state index in [1.807, 2.05) is 12.2 Å². The molecule has 0 unspecified atom stereocenters. The molecule has 1 aliphatic rings. The van der Waals surface area contributed by atoms with Gasteiger partial charge in [0, 0.05) is 0 Å². The average Bonchev–Trinajstić information content (AvgIpc) is 2.47. The Balaban J connectivity index is 2.24. The van der Waals surface area contributed by atoms with E-state index in [-0.39, 0.29) is 0 Å². The molecule has 0 aliphatic heterocycles. The molecule has 73 valence electrons. The third-order valence-corrected chi connectivity index (χ3v) is 2.78. The van der Waals surface area contributed by atoms with Crippen LogP contribution >= 0.6 is 0 Å². The number of aliphatic hydroxyl groups excluding tert-OH is 1. The Morgan fingerprint density at radius 2 is 1.92 bits per heavy atom. The molecule has 0 atom stereocenters. The fraction of sp³-hybridized carbons (Fsp3) is 0.700. The molecular weight excluding hydrogens is 203 g/mol. The SMILES string of the molecule is O[C](=[V])C/C=C/CC1(O)CCCC1. The molecule has 2 nitrogen and oxygen atoms in total. The Hall–Kier alpha value is 0.114. The van der Waals surface area contributed by atoms with Crippen LogP contribution in [0.4, 0.5) is 0 Å². The van der Waals surface area contributed by atoms with Crippen molar-refractivity contribution in [2.24, 2.45) is 0 Å². The molecule has 0 aromatic heterocycles. The Bertz CT molecular complexity index is 205. The van der Waals surface area contributed by atoms with Crippen molar-refractivity contribution in [1.29, 1.82) is 0 Å². The van der Waals surface area contributed by atoms with Crippen LogP contribution < -0.4 is 0 Å². The van der Waals surface area contributed by atoms with Crippen molar-refractivity contribution in [3.8, 4) is 0 Å². The molecule has 1 aliphatic carbocycles. The van der Waals surface area contributed by atoms with E-state index in [4.69, 9.17) is 5.11 Å². The molecule has 0 spiro atoms. The third kappa shape index (κ3) is 4.23. The van der Waals surface area contributed by atoms with Gasteiger partial charge in [0.1, 0.15) is 0 Å². The van der Waals surface area contributed by atoms with Gasteiger partial charge in [0.05, 0.1) is 0 Å². The minimum absolute atomic E-state index is 0.363. The molecule has 0 saturated heterocycles. The summed E-state index contributed by atoms with van der Waals surface area (Å²) >= 11 is 2.11. The first kappa shape index (κ1) is 11.2. The fourth-order valence-corrected chi connectivity index (χ4v) is 1.89. The molecule has 2 N–H and O–H groups in total. The van der Waals surface area contributed by atoms with Gasteiger partial charge in [0.15, 0.2) is 0 Å². The molecular formula is C10H16O2V. The second-order valence-corrected chi connectivity index (χ2v) is 4.53. The number of hydrogen-bond acceptors (Lipinski definition) is 2. The molecule has 13 heavy (non-hydrogen) atoms. The summed E-state index contributed by atoms with van der Waals surface area (Å²) in [7, 11) is 0. The van der Waals surface area contributed by atoms with Crippen molar-refractivity contribution in [3.05, 3.63) is 12.2 Å². The number of aliphatic hydroxyl groups is 2. The third-order valence-electron chi connectivity index (χ3n) is 2.50. The van der Waals surface area contributed by atoms with Crippen LogP contribution in [0, 0.1) is 0 Å². The van der Waals surface area contributed by atoms with Crippen LogP contribution in [0.15, 0.2) is 12.2 Å². The van der Waals surface area contributed by atoms with E-state index in [1.165, 1.54) is 0 Å². The first-order chi connectivity index (χ1) is 6.12. The topological polar surface area (TPSA) is 40.5 Å². The normalized spacial score (nSPS) is 21.0. The predicted molar refractivity (Wildman–Crippen MR) is 48.7 cm³/mol. The standard InChI is InChI=1S/C10H16O2.V/c11-9-5-1-2-6-10(12)7-3-4-8-10;/h1-2,11-12H,3-8H2;/b2-1+;. The van der Waals surface area contributed by atoms with Crippen molar-refractivity contribution in [1.82, 2.24) is 0 Å². The zero-order chi connectivity index (χ0) is 9.73. The molecule has 1 saturated carbocycles. The van der Waals surface area contributed by atoms with Gasteiger partial charge in [-0.1, -0.05) is 0 Å². The molecule has 0 radical (unpaired) electrons. The van der Waals surface area contributed by atoms with E-state index in [9.17, 15) is 5.11 Å². The van der Waals surface area contributed by atoms with Crippen LogP contribution in [0.1, 0.15) is 38.5 Å². The van der Waals surface area contributed by atoms with E-state index < -0.39 is 5.60 Å². The van der Waals surface area contributed by atoms with Gasteiger partial charge >= 0.3 is 87.9 Å². The van der Waals surface area contributed by atoms with Gasteiger partial charge in [-0.15, -0.1) is 0 Å². The van der Waals surface area contributed by atoms with E-state index in [0.717, 1.165) is 32.1 Å². The molecule has 0 aromatic rings. The first-order valence-corrected chi connectivity index (χ1v) is 5.43.